The smallest absolute Gasteiger partial charge is 0.248 e. The molecule has 7 heteroatoms. The number of hydrogen-bond acceptors (Lipinski definition) is 4. The van der Waals surface area contributed by atoms with Crippen LogP contribution in [0.4, 0.5) is 11.4 Å². The average molecular weight is 371 g/mol. The highest BCUT2D eigenvalue weighted by Gasteiger charge is 2.31. The number of amides is 1. The molecule has 6 nitrogen and oxygen atoms in total. The van der Waals surface area contributed by atoms with Gasteiger partial charge in [0.25, 0.3) is 0 Å². The van der Waals surface area contributed by atoms with E-state index >= 15 is 0 Å². The Balaban J connectivity index is 2.27. The molecular weight excluding hydrogens is 350 g/mol. The molecule has 0 aliphatic carbocycles. The van der Waals surface area contributed by atoms with Crippen LogP contribution in [-0.4, -0.2) is 26.6 Å². The van der Waals surface area contributed by atoms with E-state index in [0.29, 0.717) is 24.2 Å². The standard InChI is InChI=1S/C19H21N3O3S/c1-3-18(22(26(2,24)25)17-7-5-4-6-8-17)19(23)21-16-11-9-15(10-12-16)13-14-20/h4-12,18H,3,13H2,1-2H3,(H,21,23)/t18-/m0/s1. The number of rotatable bonds is 7. The topological polar surface area (TPSA) is 90.3 Å². The van der Waals surface area contributed by atoms with Crippen LogP contribution < -0.4 is 9.62 Å². The number of hydrogen-bond donors (Lipinski definition) is 1. The van der Waals surface area contributed by atoms with Crippen molar-refractivity contribution in [2.75, 3.05) is 15.9 Å². The molecule has 0 fully saturated rings. The number of carbonyl (C=O) groups is 1. The summed E-state index contributed by atoms with van der Waals surface area (Å²) in [6.45, 7) is 1.77. The molecule has 0 saturated carbocycles. The van der Waals surface area contributed by atoms with Gasteiger partial charge in [-0.25, -0.2) is 8.42 Å². The van der Waals surface area contributed by atoms with Crippen molar-refractivity contribution in [3.8, 4) is 6.07 Å². The Morgan fingerprint density at radius 2 is 1.77 bits per heavy atom. The largest absolute Gasteiger partial charge is 0.324 e. The second-order valence-electron chi connectivity index (χ2n) is 5.84. The van der Waals surface area contributed by atoms with Crippen molar-refractivity contribution in [3.63, 3.8) is 0 Å². The summed E-state index contributed by atoms with van der Waals surface area (Å²) < 4.78 is 25.8. The van der Waals surface area contributed by atoms with Crippen molar-refractivity contribution < 1.29 is 13.2 Å². The van der Waals surface area contributed by atoms with Gasteiger partial charge in [-0.1, -0.05) is 37.3 Å². The Kier molecular flexibility index (Phi) is 6.36. The number of sulfonamides is 1. The fraction of sp³-hybridized carbons (Fsp3) is 0.263. The van der Waals surface area contributed by atoms with Crippen molar-refractivity contribution in [1.82, 2.24) is 0 Å². The van der Waals surface area contributed by atoms with Crippen molar-refractivity contribution in [2.24, 2.45) is 0 Å². The molecule has 0 aromatic heterocycles. The van der Waals surface area contributed by atoms with Gasteiger partial charge in [0.1, 0.15) is 6.04 Å². The first-order chi connectivity index (χ1) is 12.4. The van der Waals surface area contributed by atoms with Crippen LogP contribution in [0.5, 0.6) is 0 Å². The minimum absolute atomic E-state index is 0.293. The van der Waals surface area contributed by atoms with Crippen molar-refractivity contribution in [1.29, 1.82) is 5.26 Å². The van der Waals surface area contributed by atoms with Crippen molar-refractivity contribution in [3.05, 3.63) is 60.2 Å². The quantitative estimate of drug-likeness (QED) is 0.810. The van der Waals surface area contributed by atoms with Crippen LogP contribution in [0.3, 0.4) is 0 Å². The summed E-state index contributed by atoms with van der Waals surface area (Å²) in [5.74, 6) is -0.408. The van der Waals surface area contributed by atoms with Gasteiger partial charge in [0.15, 0.2) is 0 Å². The van der Waals surface area contributed by atoms with Crippen LogP contribution >= 0.6 is 0 Å². The van der Waals surface area contributed by atoms with Gasteiger partial charge in [0, 0.05) is 5.69 Å². The van der Waals surface area contributed by atoms with E-state index in [9.17, 15) is 13.2 Å². The second kappa shape index (κ2) is 8.50. The van der Waals surface area contributed by atoms with E-state index in [-0.39, 0.29) is 0 Å². The van der Waals surface area contributed by atoms with Crippen molar-refractivity contribution >= 4 is 27.3 Å². The summed E-state index contributed by atoms with van der Waals surface area (Å²) >= 11 is 0. The van der Waals surface area contributed by atoms with Crippen LogP contribution in [0.1, 0.15) is 18.9 Å². The van der Waals surface area contributed by atoms with Gasteiger partial charge in [-0.15, -0.1) is 0 Å². The number of carbonyl (C=O) groups excluding carboxylic acids is 1. The summed E-state index contributed by atoms with van der Waals surface area (Å²) in [5, 5.41) is 11.5. The maximum absolute atomic E-state index is 12.7. The van der Waals surface area contributed by atoms with Crippen molar-refractivity contribution in [2.45, 2.75) is 25.8 Å². The van der Waals surface area contributed by atoms with Gasteiger partial charge >= 0.3 is 0 Å². The minimum Gasteiger partial charge on any atom is -0.324 e. The monoisotopic (exact) mass is 371 g/mol. The average Bonchev–Trinajstić information content (AvgIpc) is 2.61. The number of benzene rings is 2. The Labute approximate surface area is 154 Å². The van der Waals surface area contributed by atoms with E-state index < -0.39 is 22.0 Å². The van der Waals surface area contributed by atoms with Gasteiger partial charge in [0.2, 0.25) is 15.9 Å². The van der Waals surface area contributed by atoms with Crippen LogP contribution in [0, 0.1) is 11.3 Å². The zero-order chi connectivity index (χ0) is 19.2. The molecule has 136 valence electrons. The molecule has 2 aromatic rings. The van der Waals surface area contributed by atoms with E-state index in [1.165, 1.54) is 0 Å². The third-order valence-electron chi connectivity index (χ3n) is 3.85. The first kappa shape index (κ1) is 19.5. The van der Waals surface area contributed by atoms with E-state index in [2.05, 4.69) is 11.4 Å². The van der Waals surface area contributed by atoms with Crippen LogP contribution in [0.15, 0.2) is 54.6 Å². The first-order valence-electron chi connectivity index (χ1n) is 8.18. The van der Waals surface area contributed by atoms with E-state index in [1.54, 1.807) is 61.5 Å². The Bertz CT molecular complexity index is 888. The van der Waals surface area contributed by atoms with Gasteiger partial charge in [-0.2, -0.15) is 5.26 Å². The predicted molar refractivity (Wildman–Crippen MR) is 102 cm³/mol. The molecule has 0 saturated heterocycles. The molecule has 0 unspecified atom stereocenters. The van der Waals surface area contributed by atoms with Crippen LogP contribution in [-0.2, 0) is 21.2 Å². The van der Waals surface area contributed by atoms with Gasteiger partial charge < -0.3 is 5.32 Å². The molecule has 0 radical (unpaired) electrons. The molecule has 26 heavy (non-hydrogen) atoms. The first-order valence-corrected chi connectivity index (χ1v) is 10.0. The fourth-order valence-corrected chi connectivity index (χ4v) is 3.87. The zero-order valence-corrected chi connectivity index (χ0v) is 15.5. The predicted octanol–water partition coefficient (Wildman–Crippen LogP) is 2.94. The maximum Gasteiger partial charge on any atom is 0.248 e. The molecule has 0 bridgehead atoms. The highest BCUT2D eigenvalue weighted by Crippen LogP contribution is 2.23. The molecule has 0 heterocycles. The molecule has 0 aliphatic heterocycles. The lowest BCUT2D eigenvalue weighted by Gasteiger charge is -2.30. The van der Waals surface area contributed by atoms with E-state index in [0.717, 1.165) is 16.1 Å². The Morgan fingerprint density at radius 3 is 2.27 bits per heavy atom. The zero-order valence-electron chi connectivity index (χ0n) is 14.7. The van der Waals surface area contributed by atoms with Gasteiger partial charge in [0.05, 0.1) is 24.4 Å². The molecular formula is C19H21N3O3S. The molecule has 1 N–H and O–H groups in total. The third-order valence-corrected chi connectivity index (χ3v) is 5.02. The number of nitrogens with one attached hydrogen (secondary N) is 1. The minimum atomic E-state index is -3.64. The molecule has 0 spiro atoms. The molecule has 1 amide bonds. The van der Waals surface area contributed by atoms with Gasteiger partial charge in [-0.05, 0) is 36.2 Å². The maximum atomic E-state index is 12.7. The highest BCUT2D eigenvalue weighted by atomic mass is 32.2. The van der Waals surface area contributed by atoms with E-state index in [4.69, 9.17) is 5.26 Å². The van der Waals surface area contributed by atoms with Crippen LogP contribution in [0.2, 0.25) is 0 Å². The summed E-state index contributed by atoms with van der Waals surface area (Å²) in [6.07, 6.45) is 1.70. The lowest BCUT2D eigenvalue weighted by molar-refractivity contribution is -0.117. The Morgan fingerprint density at radius 1 is 1.15 bits per heavy atom. The fourth-order valence-electron chi connectivity index (χ4n) is 2.66. The summed E-state index contributed by atoms with van der Waals surface area (Å²) in [6, 6.07) is 16.7. The SMILES string of the molecule is CC[C@@H](C(=O)Nc1ccc(CC#N)cc1)N(c1ccccc1)S(C)(=O)=O. The molecule has 1 atom stereocenters. The third kappa shape index (κ3) is 4.83. The van der Waals surface area contributed by atoms with Crippen LogP contribution in [0.25, 0.3) is 0 Å². The highest BCUT2D eigenvalue weighted by molar-refractivity contribution is 7.92. The lowest BCUT2D eigenvalue weighted by atomic mass is 10.1. The number of anilines is 2. The summed E-state index contributed by atoms with van der Waals surface area (Å²) in [4.78, 5) is 12.7. The molecule has 2 rings (SSSR count). The number of nitrogens with zero attached hydrogens (tertiary/aromatic N) is 2. The Hall–Kier alpha value is -2.85. The summed E-state index contributed by atoms with van der Waals surface area (Å²) in [7, 11) is -3.64. The number of para-hydroxylation sites is 1. The normalized spacial score (nSPS) is 12.0. The molecule has 0 aliphatic rings. The van der Waals surface area contributed by atoms with E-state index in [1.807, 2.05) is 0 Å². The summed E-state index contributed by atoms with van der Waals surface area (Å²) in [5.41, 5.74) is 1.85. The number of nitriles is 1. The van der Waals surface area contributed by atoms with Gasteiger partial charge in [-0.3, -0.25) is 9.10 Å². The lowest BCUT2D eigenvalue weighted by Crippen LogP contribution is -2.46. The molecule has 2 aromatic carbocycles. The second-order valence-corrected chi connectivity index (χ2v) is 7.70.